The van der Waals surface area contributed by atoms with Gasteiger partial charge in [-0.05, 0) is 10.4 Å². The van der Waals surface area contributed by atoms with Gasteiger partial charge in [0.2, 0.25) is 11.9 Å². The Morgan fingerprint density at radius 3 is 1.58 bits per heavy atom. The van der Waals surface area contributed by atoms with E-state index in [9.17, 15) is 0 Å². The zero-order valence-electron chi connectivity index (χ0n) is 8.07. The van der Waals surface area contributed by atoms with E-state index in [1.807, 2.05) is 0 Å². The maximum absolute atomic E-state index is 5.90. The van der Waals surface area contributed by atoms with Crippen LogP contribution in [0.1, 0.15) is 5.82 Å². The molecule has 0 unspecified atom stereocenters. The first-order chi connectivity index (χ1) is 8.23. The zero-order chi connectivity index (χ0) is 15.3. The van der Waals surface area contributed by atoms with Crippen LogP contribution in [0.25, 0.3) is 0 Å². The molecule has 110 valence electrons. The number of alkyl halides is 10. The molecule has 4 nitrogen and oxygen atoms in total. The van der Waals surface area contributed by atoms with Crippen molar-refractivity contribution in [2.75, 3.05) is 0 Å². The fraction of sp³-hybridized carbons (Fsp3) is 0.800. The van der Waals surface area contributed by atoms with Gasteiger partial charge in [0.05, 0.1) is 0 Å². The lowest BCUT2D eigenvalue weighted by Gasteiger charge is -2.31. The molecule has 14 heteroatoms. The molecule has 0 aliphatic carbocycles. The van der Waals surface area contributed by atoms with Crippen molar-refractivity contribution in [3.05, 3.63) is 5.82 Å². The van der Waals surface area contributed by atoms with Gasteiger partial charge in [0.25, 0.3) is 4.46 Å². The third-order valence-corrected chi connectivity index (χ3v) is 6.34. The predicted molar refractivity (Wildman–Crippen MR) is 81.5 cm³/mol. The summed E-state index contributed by atoms with van der Waals surface area (Å²) in [7, 11) is 0. The van der Waals surface area contributed by atoms with E-state index < -0.39 is 22.2 Å². The van der Waals surface area contributed by atoms with E-state index in [1.54, 1.807) is 0 Å². The second kappa shape index (κ2) is 5.88. The summed E-state index contributed by atoms with van der Waals surface area (Å²) < 4.78 is -8.25. The van der Waals surface area contributed by atoms with Gasteiger partial charge in [-0.1, -0.05) is 116 Å². The van der Waals surface area contributed by atoms with Crippen molar-refractivity contribution in [2.24, 2.45) is 0 Å². The molecule has 19 heavy (non-hydrogen) atoms. The predicted octanol–water partition coefficient (Wildman–Crippen LogP) is 5.13. The van der Waals surface area contributed by atoms with Gasteiger partial charge in [-0.25, -0.2) is 0 Å². The second-order valence-electron chi connectivity index (χ2n) is 3.03. The van der Waals surface area contributed by atoms with Gasteiger partial charge >= 0.3 is 0 Å². The topological polar surface area (TPSA) is 43.6 Å². The molecular formula is C5Cl10N4. The van der Waals surface area contributed by atoms with Crippen LogP contribution in [-0.4, -0.2) is 27.8 Å². The maximum atomic E-state index is 5.90. The summed E-state index contributed by atoms with van der Waals surface area (Å²) >= 11 is 57.3. The standard InChI is InChI=1S/C5Cl10N4/c6-2(7,3(8,9)10)1-16-17-18-19(1)5(14,15)4(11,12)13. The third kappa shape index (κ3) is 3.66. The molecular weight excluding hydrogens is 471 g/mol. The summed E-state index contributed by atoms with van der Waals surface area (Å²) in [6, 6.07) is 0. The first-order valence-electron chi connectivity index (χ1n) is 3.91. The monoisotopic (exact) mass is 466 g/mol. The summed E-state index contributed by atoms with van der Waals surface area (Å²) in [5, 5.41) is 10.2. The van der Waals surface area contributed by atoms with Crippen molar-refractivity contribution in [2.45, 2.75) is 16.4 Å². The molecule has 1 heterocycles. The Bertz CT molecular complexity index is 415. The summed E-state index contributed by atoms with van der Waals surface area (Å²) in [5.41, 5.74) is 0. The Morgan fingerprint density at radius 2 is 1.21 bits per heavy atom. The Labute approximate surface area is 157 Å². The SMILES string of the molecule is ClC(Cl)(Cl)C(Cl)(Cl)c1nnnn1C(Cl)(Cl)C(Cl)(Cl)Cl. The Kier molecular flexibility index (Phi) is 5.88. The molecule has 0 radical (unpaired) electrons. The number of tetrazole rings is 1. The van der Waals surface area contributed by atoms with Gasteiger partial charge < -0.3 is 0 Å². The Balaban J connectivity index is 3.43. The minimum absolute atomic E-state index is 0.424. The van der Waals surface area contributed by atoms with E-state index in [4.69, 9.17) is 116 Å². The fourth-order valence-electron chi connectivity index (χ4n) is 0.819. The highest BCUT2D eigenvalue weighted by Gasteiger charge is 2.57. The molecule has 1 rings (SSSR count). The van der Waals surface area contributed by atoms with Crippen LogP contribution in [0, 0.1) is 0 Å². The number of hydrogen-bond acceptors (Lipinski definition) is 3. The summed E-state index contributed by atoms with van der Waals surface area (Å²) in [5.74, 6) is -0.424. The summed E-state index contributed by atoms with van der Waals surface area (Å²) in [4.78, 5) is 0. The molecule has 1 aromatic rings. The average Bonchev–Trinajstić information content (AvgIpc) is 2.62. The number of halogens is 10. The lowest BCUT2D eigenvalue weighted by Crippen LogP contribution is -2.41. The molecule has 0 aromatic carbocycles. The van der Waals surface area contributed by atoms with Crippen LogP contribution in [0.2, 0.25) is 0 Å². The lowest BCUT2D eigenvalue weighted by molar-refractivity contribution is 0.489. The number of nitrogens with zero attached hydrogens (tertiary/aromatic N) is 4. The zero-order valence-corrected chi connectivity index (χ0v) is 15.6. The lowest BCUT2D eigenvalue weighted by atomic mass is 10.4. The molecule has 1 aromatic heterocycles. The highest BCUT2D eigenvalue weighted by atomic mass is 35.6. The molecule has 0 atom stereocenters. The summed E-state index contributed by atoms with van der Waals surface area (Å²) in [6.07, 6.45) is 0. The van der Waals surface area contributed by atoms with Crippen LogP contribution in [0.3, 0.4) is 0 Å². The molecule has 0 aliphatic rings. The molecule has 0 bridgehead atoms. The van der Waals surface area contributed by atoms with Crippen LogP contribution < -0.4 is 0 Å². The smallest absolute Gasteiger partial charge is 0.186 e. The first kappa shape index (κ1) is 19.0. The first-order valence-corrected chi connectivity index (χ1v) is 7.69. The van der Waals surface area contributed by atoms with Crippen molar-refractivity contribution in [1.82, 2.24) is 20.2 Å². The quantitative estimate of drug-likeness (QED) is 0.563. The van der Waals surface area contributed by atoms with E-state index in [0.717, 1.165) is 0 Å². The number of aromatic nitrogens is 4. The van der Waals surface area contributed by atoms with Crippen LogP contribution >= 0.6 is 116 Å². The second-order valence-corrected chi connectivity index (χ2v) is 10.2. The number of hydrogen-bond donors (Lipinski definition) is 0. The third-order valence-electron chi connectivity index (χ3n) is 1.71. The van der Waals surface area contributed by atoms with Gasteiger partial charge in [-0.3, -0.25) is 0 Å². The van der Waals surface area contributed by atoms with Crippen molar-refractivity contribution in [3.8, 4) is 0 Å². The van der Waals surface area contributed by atoms with Crippen LogP contribution in [0.5, 0.6) is 0 Å². The fourth-order valence-corrected chi connectivity index (χ4v) is 1.78. The number of rotatable bonds is 2. The molecule has 0 fully saturated rings. The van der Waals surface area contributed by atoms with Gasteiger partial charge in [-0.15, -0.1) is 5.10 Å². The minimum Gasteiger partial charge on any atom is -0.186 e. The van der Waals surface area contributed by atoms with Crippen molar-refractivity contribution < 1.29 is 0 Å². The van der Waals surface area contributed by atoms with Crippen LogP contribution in [-0.2, 0) is 8.79 Å². The van der Waals surface area contributed by atoms with E-state index in [-0.39, 0.29) is 0 Å². The van der Waals surface area contributed by atoms with E-state index in [1.165, 1.54) is 0 Å². The highest BCUT2D eigenvalue weighted by molar-refractivity contribution is 6.75. The molecule has 0 N–H and O–H groups in total. The van der Waals surface area contributed by atoms with Gasteiger partial charge in [-0.2, -0.15) is 4.68 Å². The molecule has 0 spiro atoms. The van der Waals surface area contributed by atoms with Gasteiger partial charge in [0.15, 0.2) is 5.82 Å². The summed E-state index contributed by atoms with van der Waals surface area (Å²) in [6.45, 7) is 0. The van der Waals surface area contributed by atoms with Crippen LogP contribution in [0.15, 0.2) is 0 Å². The van der Waals surface area contributed by atoms with Crippen LogP contribution in [0.4, 0.5) is 0 Å². The Hall–Kier alpha value is 1.97. The molecule has 0 amide bonds. The van der Waals surface area contributed by atoms with Gasteiger partial charge in [0, 0.05) is 0 Å². The maximum Gasteiger partial charge on any atom is 0.260 e. The minimum atomic E-state index is -2.25. The normalized spacial score (nSPS) is 14.8. The average molecular weight is 471 g/mol. The van der Waals surface area contributed by atoms with E-state index >= 15 is 0 Å². The van der Waals surface area contributed by atoms with Gasteiger partial charge in [0.1, 0.15) is 0 Å². The van der Waals surface area contributed by atoms with Crippen molar-refractivity contribution in [3.63, 3.8) is 0 Å². The largest absolute Gasteiger partial charge is 0.260 e. The van der Waals surface area contributed by atoms with Crippen molar-refractivity contribution >= 4 is 116 Å². The van der Waals surface area contributed by atoms with E-state index in [0.29, 0.717) is 4.68 Å². The Morgan fingerprint density at radius 1 is 0.737 bits per heavy atom. The molecule has 0 saturated heterocycles. The van der Waals surface area contributed by atoms with Crippen molar-refractivity contribution in [1.29, 1.82) is 0 Å². The molecule has 0 aliphatic heterocycles. The van der Waals surface area contributed by atoms with E-state index in [2.05, 4.69) is 15.5 Å². The molecule has 0 saturated carbocycles. The highest BCUT2D eigenvalue weighted by Crippen LogP contribution is 2.55.